The van der Waals surface area contributed by atoms with Crippen LogP contribution in [0.4, 0.5) is 0 Å². The van der Waals surface area contributed by atoms with Crippen molar-refractivity contribution in [3.8, 4) is 0 Å². The summed E-state index contributed by atoms with van der Waals surface area (Å²) in [4.78, 5) is 4.45. The maximum atomic E-state index is 6.11. The van der Waals surface area contributed by atoms with Gasteiger partial charge in [-0.1, -0.05) is 35.0 Å². The quantitative estimate of drug-likeness (QED) is 0.947. The number of benzene rings is 1. The van der Waals surface area contributed by atoms with Gasteiger partial charge in [0.25, 0.3) is 0 Å². The maximum absolute atomic E-state index is 6.11. The maximum Gasteiger partial charge on any atom is 0.231 e. The van der Waals surface area contributed by atoms with Crippen molar-refractivity contribution in [2.24, 2.45) is 0 Å². The minimum absolute atomic E-state index is 0. The van der Waals surface area contributed by atoms with Gasteiger partial charge in [-0.25, -0.2) is 0 Å². The van der Waals surface area contributed by atoms with Crippen LogP contribution >= 0.6 is 24.0 Å². The third-order valence-electron chi connectivity index (χ3n) is 3.20. The average molecular weight is 300 g/mol. The van der Waals surface area contributed by atoms with Crippen molar-refractivity contribution in [2.75, 3.05) is 13.1 Å². The SMILES string of the molecule is Cl.Clc1ccccc1Cc1noc([C@@H]2CCNC2)n1. The molecule has 3 rings (SSSR count). The highest BCUT2D eigenvalue weighted by Crippen LogP contribution is 2.22. The molecule has 0 amide bonds. The van der Waals surface area contributed by atoms with Crippen LogP contribution in [0.5, 0.6) is 0 Å². The lowest BCUT2D eigenvalue weighted by Crippen LogP contribution is -2.08. The minimum Gasteiger partial charge on any atom is -0.339 e. The Balaban J connectivity index is 0.00000133. The largest absolute Gasteiger partial charge is 0.339 e. The number of nitrogens with one attached hydrogen (secondary N) is 1. The first-order valence-corrected chi connectivity index (χ1v) is 6.47. The Morgan fingerprint density at radius 1 is 1.37 bits per heavy atom. The van der Waals surface area contributed by atoms with Gasteiger partial charge in [0.2, 0.25) is 5.89 Å². The number of hydrogen-bond donors (Lipinski definition) is 1. The highest BCUT2D eigenvalue weighted by atomic mass is 35.5. The molecule has 0 radical (unpaired) electrons. The molecule has 1 aliphatic rings. The van der Waals surface area contributed by atoms with E-state index in [1.165, 1.54) is 0 Å². The van der Waals surface area contributed by atoms with Crippen molar-refractivity contribution >= 4 is 24.0 Å². The van der Waals surface area contributed by atoms with Crippen molar-refractivity contribution < 1.29 is 4.52 Å². The second-order valence-corrected chi connectivity index (χ2v) is 4.91. The zero-order valence-electron chi connectivity index (χ0n) is 10.3. The van der Waals surface area contributed by atoms with Crippen LogP contribution in [0.1, 0.15) is 29.6 Å². The van der Waals surface area contributed by atoms with E-state index in [0.29, 0.717) is 18.2 Å². The zero-order valence-corrected chi connectivity index (χ0v) is 11.9. The molecule has 1 aromatic heterocycles. The van der Waals surface area contributed by atoms with Crippen molar-refractivity contribution in [2.45, 2.75) is 18.8 Å². The summed E-state index contributed by atoms with van der Waals surface area (Å²) in [6.45, 7) is 1.95. The molecule has 6 heteroatoms. The molecule has 1 fully saturated rings. The number of nitrogens with zero attached hydrogens (tertiary/aromatic N) is 2. The molecular formula is C13H15Cl2N3O. The van der Waals surface area contributed by atoms with Gasteiger partial charge in [0, 0.05) is 18.0 Å². The van der Waals surface area contributed by atoms with Gasteiger partial charge in [-0.05, 0) is 24.6 Å². The first-order chi connectivity index (χ1) is 8.83. The van der Waals surface area contributed by atoms with E-state index in [1.54, 1.807) is 0 Å². The van der Waals surface area contributed by atoms with Gasteiger partial charge >= 0.3 is 0 Å². The van der Waals surface area contributed by atoms with Gasteiger partial charge < -0.3 is 9.84 Å². The van der Waals surface area contributed by atoms with E-state index in [-0.39, 0.29) is 12.4 Å². The zero-order chi connectivity index (χ0) is 12.4. The smallest absolute Gasteiger partial charge is 0.231 e. The van der Waals surface area contributed by atoms with Gasteiger partial charge in [-0.2, -0.15) is 4.98 Å². The summed E-state index contributed by atoms with van der Waals surface area (Å²) in [5.41, 5.74) is 1.02. The molecule has 0 unspecified atom stereocenters. The summed E-state index contributed by atoms with van der Waals surface area (Å²) in [6.07, 6.45) is 1.68. The third-order valence-corrected chi connectivity index (χ3v) is 3.57. The fourth-order valence-electron chi connectivity index (χ4n) is 2.18. The highest BCUT2D eigenvalue weighted by Gasteiger charge is 2.22. The number of rotatable bonds is 3. The van der Waals surface area contributed by atoms with Crippen LogP contribution < -0.4 is 5.32 Å². The topological polar surface area (TPSA) is 51.0 Å². The third kappa shape index (κ3) is 3.26. The molecule has 1 saturated heterocycles. The number of halogens is 2. The van der Waals surface area contributed by atoms with E-state index in [4.69, 9.17) is 16.1 Å². The van der Waals surface area contributed by atoms with E-state index in [1.807, 2.05) is 24.3 Å². The van der Waals surface area contributed by atoms with Crippen LogP contribution in [0.25, 0.3) is 0 Å². The van der Waals surface area contributed by atoms with Gasteiger partial charge in [0.1, 0.15) is 0 Å². The molecule has 1 N–H and O–H groups in total. The molecule has 4 nitrogen and oxygen atoms in total. The Kier molecular flexibility index (Phi) is 4.80. The number of aromatic nitrogens is 2. The molecule has 19 heavy (non-hydrogen) atoms. The average Bonchev–Trinajstić information content (AvgIpc) is 3.02. The molecule has 2 aromatic rings. The van der Waals surface area contributed by atoms with E-state index in [2.05, 4.69) is 15.5 Å². The Hall–Kier alpha value is -1.10. The minimum atomic E-state index is 0. The molecule has 102 valence electrons. The molecule has 1 aliphatic heterocycles. The summed E-state index contributed by atoms with van der Waals surface area (Å²) in [7, 11) is 0. The Bertz CT molecular complexity index is 538. The number of hydrogen-bond acceptors (Lipinski definition) is 4. The molecule has 2 heterocycles. The first-order valence-electron chi connectivity index (χ1n) is 6.09. The first kappa shape index (κ1) is 14.3. The predicted molar refractivity (Wildman–Crippen MR) is 76.0 cm³/mol. The molecule has 0 bridgehead atoms. The van der Waals surface area contributed by atoms with Gasteiger partial charge in [0.05, 0.1) is 5.92 Å². The van der Waals surface area contributed by atoms with Crippen molar-refractivity contribution in [3.63, 3.8) is 0 Å². The summed E-state index contributed by atoms with van der Waals surface area (Å²) < 4.78 is 5.32. The fraction of sp³-hybridized carbons (Fsp3) is 0.385. The fourth-order valence-corrected chi connectivity index (χ4v) is 2.39. The summed E-state index contributed by atoms with van der Waals surface area (Å²) in [5, 5.41) is 8.06. The van der Waals surface area contributed by atoms with Crippen molar-refractivity contribution in [3.05, 3.63) is 46.6 Å². The van der Waals surface area contributed by atoms with E-state index in [0.717, 1.165) is 36.0 Å². The van der Waals surface area contributed by atoms with Crippen LogP contribution in [0.3, 0.4) is 0 Å². The van der Waals surface area contributed by atoms with Crippen LogP contribution in [0.2, 0.25) is 5.02 Å². The monoisotopic (exact) mass is 299 g/mol. The Labute approximate surface area is 122 Å². The van der Waals surface area contributed by atoms with Crippen LogP contribution in [0, 0.1) is 0 Å². The predicted octanol–water partition coefficient (Wildman–Crippen LogP) is 2.81. The van der Waals surface area contributed by atoms with Gasteiger partial charge in [-0.3, -0.25) is 0 Å². The summed E-state index contributed by atoms with van der Waals surface area (Å²) in [6, 6.07) is 7.73. The lowest BCUT2D eigenvalue weighted by Gasteiger charge is -2.00. The Morgan fingerprint density at radius 3 is 2.95 bits per heavy atom. The van der Waals surface area contributed by atoms with Gasteiger partial charge in [0.15, 0.2) is 5.82 Å². The normalized spacial score (nSPS) is 18.3. The molecule has 0 spiro atoms. The molecule has 0 aliphatic carbocycles. The Morgan fingerprint density at radius 2 is 2.21 bits per heavy atom. The molecule has 0 saturated carbocycles. The second kappa shape index (κ2) is 6.37. The van der Waals surface area contributed by atoms with Crippen LogP contribution in [-0.4, -0.2) is 23.2 Å². The summed E-state index contributed by atoms with van der Waals surface area (Å²) in [5.74, 6) is 1.80. The lowest BCUT2D eigenvalue weighted by atomic mass is 10.1. The van der Waals surface area contributed by atoms with Gasteiger partial charge in [-0.15, -0.1) is 12.4 Å². The van der Waals surface area contributed by atoms with E-state index < -0.39 is 0 Å². The van der Waals surface area contributed by atoms with Crippen LogP contribution in [-0.2, 0) is 6.42 Å². The standard InChI is InChI=1S/C13H14ClN3O.ClH/c14-11-4-2-1-3-9(11)7-12-16-13(18-17-12)10-5-6-15-8-10;/h1-4,10,15H,5-8H2;1H/t10-;/m1./s1. The highest BCUT2D eigenvalue weighted by molar-refractivity contribution is 6.31. The van der Waals surface area contributed by atoms with Crippen LogP contribution in [0.15, 0.2) is 28.8 Å². The van der Waals surface area contributed by atoms with E-state index in [9.17, 15) is 0 Å². The van der Waals surface area contributed by atoms with E-state index >= 15 is 0 Å². The molecule has 1 atom stereocenters. The molecular weight excluding hydrogens is 285 g/mol. The van der Waals surface area contributed by atoms with Crippen molar-refractivity contribution in [1.82, 2.24) is 15.5 Å². The van der Waals surface area contributed by atoms with Crippen molar-refractivity contribution in [1.29, 1.82) is 0 Å². The lowest BCUT2D eigenvalue weighted by molar-refractivity contribution is 0.355. The summed E-state index contributed by atoms with van der Waals surface area (Å²) >= 11 is 6.11. The second-order valence-electron chi connectivity index (χ2n) is 4.51. The molecule has 1 aromatic carbocycles.